The van der Waals surface area contributed by atoms with Gasteiger partial charge in [-0.25, -0.2) is 0 Å². The van der Waals surface area contributed by atoms with E-state index < -0.39 is 0 Å². The number of para-hydroxylation sites is 1. The van der Waals surface area contributed by atoms with Gasteiger partial charge in [0.05, 0.1) is 0 Å². The van der Waals surface area contributed by atoms with Gasteiger partial charge in [0.2, 0.25) is 5.91 Å². The molecule has 110 valence electrons. The minimum atomic E-state index is 0.163. The zero-order chi connectivity index (χ0) is 14.2. The number of carbonyl (C=O) groups excluding carboxylic acids is 1. The number of hydrogen-bond acceptors (Lipinski definition) is 2. The van der Waals surface area contributed by atoms with Gasteiger partial charge in [-0.15, -0.1) is 0 Å². The average molecular weight is 339 g/mol. The van der Waals surface area contributed by atoms with Crippen molar-refractivity contribution >= 4 is 27.5 Å². The summed E-state index contributed by atoms with van der Waals surface area (Å²) in [4.78, 5) is 11.9. The van der Waals surface area contributed by atoms with Crippen molar-refractivity contribution in [2.45, 2.75) is 51.0 Å². The molecule has 0 aromatic heterocycles. The van der Waals surface area contributed by atoms with Crippen LogP contribution < -0.4 is 10.6 Å². The van der Waals surface area contributed by atoms with E-state index in [0.29, 0.717) is 19.0 Å². The van der Waals surface area contributed by atoms with Gasteiger partial charge in [-0.2, -0.15) is 0 Å². The molecule has 1 aromatic carbocycles. The molecule has 1 aromatic rings. The normalized spacial score (nSPS) is 16.4. The molecule has 20 heavy (non-hydrogen) atoms. The number of amides is 1. The third kappa shape index (κ3) is 5.16. The highest BCUT2D eigenvalue weighted by molar-refractivity contribution is 9.10. The maximum atomic E-state index is 11.9. The first-order valence-electron chi connectivity index (χ1n) is 7.53. The molecule has 2 N–H and O–H groups in total. The van der Waals surface area contributed by atoms with Crippen molar-refractivity contribution in [2.75, 3.05) is 11.9 Å². The first kappa shape index (κ1) is 15.4. The summed E-state index contributed by atoms with van der Waals surface area (Å²) in [5.74, 6) is 0.163. The minimum Gasteiger partial charge on any atom is -0.384 e. The monoisotopic (exact) mass is 338 g/mol. The number of rotatable bonds is 5. The summed E-state index contributed by atoms with van der Waals surface area (Å²) in [6.45, 7) is 0.668. The van der Waals surface area contributed by atoms with Gasteiger partial charge in [-0.05, 0) is 40.9 Å². The lowest BCUT2D eigenvalue weighted by molar-refractivity contribution is -0.121. The van der Waals surface area contributed by atoms with E-state index in [-0.39, 0.29) is 5.91 Å². The third-order valence-corrected chi connectivity index (χ3v) is 4.45. The second kappa shape index (κ2) is 8.30. The smallest absolute Gasteiger partial charge is 0.221 e. The summed E-state index contributed by atoms with van der Waals surface area (Å²) in [6, 6.07) is 8.36. The van der Waals surface area contributed by atoms with Crippen molar-refractivity contribution in [3.8, 4) is 0 Å². The van der Waals surface area contributed by atoms with E-state index in [0.717, 1.165) is 23.0 Å². The van der Waals surface area contributed by atoms with E-state index in [9.17, 15) is 4.79 Å². The summed E-state index contributed by atoms with van der Waals surface area (Å²) in [6.07, 6.45) is 7.94. The lowest BCUT2D eigenvalue weighted by Gasteiger charge is -2.16. The molecule has 2 rings (SSSR count). The topological polar surface area (TPSA) is 41.1 Å². The van der Waals surface area contributed by atoms with Crippen LogP contribution >= 0.6 is 15.9 Å². The Morgan fingerprint density at radius 3 is 2.55 bits per heavy atom. The Morgan fingerprint density at radius 1 is 1.15 bits per heavy atom. The van der Waals surface area contributed by atoms with E-state index in [4.69, 9.17) is 0 Å². The predicted octanol–water partition coefficient (Wildman–Crippen LogP) is 4.09. The zero-order valence-electron chi connectivity index (χ0n) is 11.8. The molecule has 1 saturated carbocycles. The van der Waals surface area contributed by atoms with Crippen LogP contribution in [0.5, 0.6) is 0 Å². The van der Waals surface area contributed by atoms with Crippen LogP contribution in [0.3, 0.4) is 0 Å². The molecular formula is C16H23BrN2O. The fraction of sp³-hybridized carbons (Fsp3) is 0.562. The Morgan fingerprint density at radius 2 is 1.85 bits per heavy atom. The number of hydrogen-bond donors (Lipinski definition) is 2. The Kier molecular flexibility index (Phi) is 6.37. The molecule has 0 saturated heterocycles. The van der Waals surface area contributed by atoms with E-state index in [1.807, 2.05) is 24.3 Å². The highest BCUT2D eigenvalue weighted by Crippen LogP contribution is 2.21. The van der Waals surface area contributed by atoms with Crippen LogP contribution in [0.2, 0.25) is 0 Å². The van der Waals surface area contributed by atoms with Crippen LogP contribution in [-0.4, -0.2) is 18.5 Å². The van der Waals surface area contributed by atoms with Gasteiger partial charge in [-0.3, -0.25) is 4.79 Å². The predicted molar refractivity (Wildman–Crippen MR) is 86.9 cm³/mol. The van der Waals surface area contributed by atoms with Crippen LogP contribution in [0, 0.1) is 0 Å². The molecule has 1 aliphatic rings. The van der Waals surface area contributed by atoms with Crippen LogP contribution in [-0.2, 0) is 4.79 Å². The molecule has 0 atom stereocenters. The van der Waals surface area contributed by atoms with Crippen LogP contribution in [0.4, 0.5) is 5.69 Å². The van der Waals surface area contributed by atoms with Gasteiger partial charge in [0, 0.05) is 29.2 Å². The lowest BCUT2D eigenvalue weighted by Crippen LogP contribution is -2.35. The van der Waals surface area contributed by atoms with Crippen LogP contribution in [0.25, 0.3) is 0 Å². The number of anilines is 1. The van der Waals surface area contributed by atoms with E-state index >= 15 is 0 Å². The van der Waals surface area contributed by atoms with E-state index in [1.54, 1.807) is 0 Å². The van der Waals surface area contributed by atoms with Crippen molar-refractivity contribution in [1.82, 2.24) is 5.32 Å². The van der Waals surface area contributed by atoms with E-state index in [1.165, 1.54) is 25.7 Å². The molecule has 1 aliphatic carbocycles. The van der Waals surface area contributed by atoms with Crippen LogP contribution in [0.15, 0.2) is 28.7 Å². The molecular weight excluding hydrogens is 316 g/mol. The molecule has 0 heterocycles. The second-order valence-corrected chi connectivity index (χ2v) is 6.27. The average Bonchev–Trinajstić information content (AvgIpc) is 2.69. The Bertz CT molecular complexity index is 428. The Labute approximate surface area is 129 Å². The van der Waals surface area contributed by atoms with Crippen molar-refractivity contribution in [3.63, 3.8) is 0 Å². The molecule has 0 unspecified atom stereocenters. The SMILES string of the molecule is O=C(CCNc1ccccc1Br)NC1CCCCCC1. The van der Waals surface area contributed by atoms with Crippen molar-refractivity contribution in [2.24, 2.45) is 0 Å². The molecule has 0 bridgehead atoms. The largest absolute Gasteiger partial charge is 0.384 e. The van der Waals surface area contributed by atoms with Crippen molar-refractivity contribution < 1.29 is 4.79 Å². The minimum absolute atomic E-state index is 0.163. The maximum Gasteiger partial charge on any atom is 0.221 e. The summed E-state index contributed by atoms with van der Waals surface area (Å²) < 4.78 is 1.03. The van der Waals surface area contributed by atoms with Crippen molar-refractivity contribution in [3.05, 3.63) is 28.7 Å². The fourth-order valence-corrected chi connectivity index (χ4v) is 3.06. The van der Waals surface area contributed by atoms with Gasteiger partial charge >= 0.3 is 0 Å². The zero-order valence-corrected chi connectivity index (χ0v) is 13.4. The van der Waals surface area contributed by atoms with Crippen molar-refractivity contribution in [1.29, 1.82) is 0 Å². The Hall–Kier alpha value is -1.03. The third-order valence-electron chi connectivity index (χ3n) is 3.76. The van der Waals surface area contributed by atoms with Gasteiger partial charge in [0.1, 0.15) is 0 Å². The fourth-order valence-electron chi connectivity index (χ4n) is 2.64. The maximum absolute atomic E-state index is 11.9. The van der Waals surface area contributed by atoms with Gasteiger partial charge in [0.15, 0.2) is 0 Å². The molecule has 1 amide bonds. The summed E-state index contributed by atoms with van der Waals surface area (Å²) in [7, 11) is 0. The van der Waals surface area contributed by atoms with Gasteiger partial charge < -0.3 is 10.6 Å². The summed E-state index contributed by atoms with van der Waals surface area (Å²) in [5.41, 5.74) is 1.04. The van der Waals surface area contributed by atoms with Gasteiger partial charge in [0.25, 0.3) is 0 Å². The first-order valence-corrected chi connectivity index (χ1v) is 8.33. The number of halogens is 1. The Balaban J connectivity index is 1.68. The second-order valence-electron chi connectivity index (χ2n) is 5.41. The first-order chi connectivity index (χ1) is 9.75. The molecule has 1 fully saturated rings. The highest BCUT2D eigenvalue weighted by Gasteiger charge is 2.14. The molecule has 0 radical (unpaired) electrons. The quantitative estimate of drug-likeness (QED) is 0.794. The number of benzene rings is 1. The lowest BCUT2D eigenvalue weighted by atomic mass is 10.1. The molecule has 0 spiro atoms. The summed E-state index contributed by atoms with van der Waals surface area (Å²) in [5, 5.41) is 6.45. The molecule has 4 heteroatoms. The van der Waals surface area contributed by atoms with Gasteiger partial charge in [-0.1, -0.05) is 37.8 Å². The van der Waals surface area contributed by atoms with E-state index in [2.05, 4.69) is 26.6 Å². The number of carbonyl (C=O) groups is 1. The summed E-state index contributed by atoms with van der Waals surface area (Å²) >= 11 is 3.49. The number of nitrogens with one attached hydrogen (secondary N) is 2. The highest BCUT2D eigenvalue weighted by atomic mass is 79.9. The molecule has 0 aliphatic heterocycles. The standard InChI is InChI=1S/C16H23BrN2O/c17-14-9-5-6-10-15(14)18-12-11-16(20)19-13-7-3-1-2-4-8-13/h5-6,9-10,13,18H,1-4,7-8,11-12H2,(H,19,20). The molecule has 3 nitrogen and oxygen atoms in total. The van der Waals surface area contributed by atoms with Crippen LogP contribution in [0.1, 0.15) is 44.9 Å².